The van der Waals surface area contributed by atoms with Crippen molar-refractivity contribution < 1.29 is 0 Å². The molecule has 6 heteroatoms. The maximum absolute atomic E-state index is 6.15. The minimum atomic E-state index is 0.172. The maximum atomic E-state index is 6.15. The van der Waals surface area contributed by atoms with Gasteiger partial charge < -0.3 is 10.6 Å². The fourth-order valence-electron chi connectivity index (χ4n) is 2.51. The van der Waals surface area contributed by atoms with Crippen LogP contribution in [0.15, 0.2) is 41.3 Å². The molecule has 1 aliphatic rings. The first-order chi connectivity index (χ1) is 11.0. The molecule has 2 aromatic carbocycles. The summed E-state index contributed by atoms with van der Waals surface area (Å²) in [5, 5.41) is 8.66. The first kappa shape index (κ1) is 16.9. The predicted octanol–water partition coefficient (Wildman–Crippen LogP) is 5.83. The highest BCUT2D eigenvalue weighted by atomic mass is 35.5. The summed E-state index contributed by atoms with van der Waals surface area (Å²) < 4.78 is 0. The quantitative estimate of drug-likeness (QED) is 0.638. The van der Waals surface area contributed by atoms with Crippen molar-refractivity contribution in [3.63, 3.8) is 0 Å². The molecule has 0 amide bonds. The van der Waals surface area contributed by atoms with E-state index in [9.17, 15) is 0 Å². The fraction of sp³-hybridized carbons (Fsp3) is 0.235. The van der Waals surface area contributed by atoms with Gasteiger partial charge in [-0.15, -0.1) is 11.8 Å². The summed E-state index contributed by atoms with van der Waals surface area (Å²) in [6.45, 7) is 1.98. The van der Waals surface area contributed by atoms with Crippen molar-refractivity contribution in [2.45, 2.75) is 24.3 Å². The molecule has 1 atom stereocenters. The van der Waals surface area contributed by atoms with Crippen molar-refractivity contribution in [3.05, 3.63) is 57.6 Å². The van der Waals surface area contributed by atoms with E-state index in [2.05, 4.69) is 16.7 Å². The van der Waals surface area contributed by atoms with Crippen molar-refractivity contribution in [2.75, 3.05) is 11.1 Å². The summed E-state index contributed by atoms with van der Waals surface area (Å²) in [6, 6.07) is 12.0. The van der Waals surface area contributed by atoms with E-state index < -0.39 is 0 Å². The lowest BCUT2D eigenvalue weighted by atomic mass is 10.0. The fourth-order valence-corrected chi connectivity index (χ4v) is 4.24. The molecule has 2 aromatic rings. The maximum Gasteiger partial charge on any atom is 0.171 e. The number of fused-ring (bicyclic) bond motifs is 1. The molecule has 1 heterocycles. The van der Waals surface area contributed by atoms with E-state index in [4.69, 9.17) is 35.4 Å². The van der Waals surface area contributed by atoms with Gasteiger partial charge in [-0.3, -0.25) is 0 Å². The van der Waals surface area contributed by atoms with Crippen LogP contribution in [-0.2, 0) is 0 Å². The summed E-state index contributed by atoms with van der Waals surface area (Å²) >= 11 is 19.6. The average molecular weight is 383 g/mol. The largest absolute Gasteiger partial charge is 0.356 e. The third kappa shape index (κ3) is 4.13. The molecule has 0 unspecified atom stereocenters. The molecule has 2 N–H and O–H groups in total. The standard InChI is InChI=1S/C17H16Cl2N2S2/c1-10-2-4-12(9-14(10)19)20-17(22)21-15-6-7-23-16-5-3-11(18)8-13(15)16/h2-5,8-9,15H,6-7H2,1H3,(H2,20,21,22)/t15-/m0/s1. The van der Waals surface area contributed by atoms with Gasteiger partial charge >= 0.3 is 0 Å². The summed E-state index contributed by atoms with van der Waals surface area (Å²) in [4.78, 5) is 1.26. The summed E-state index contributed by atoms with van der Waals surface area (Å²) in [6.07, 6.45) is 1.01. The lowest BCUT2D eigenvalue weighted by molar-refractivity contribution is 0.614. The highest BCUT2D eigenvalue weighted by Crippen LogP contribution is 2.37. The molecule has 0 bridgehead atoms. The Morgan fingerprint density at radius 1 is 1.22 bits per heavy atom. The van der Waals surface area contributed by atoms with Crippen LogP contribution in [0.2, 0.25) is 10.0 Å². The molecule has 0 spiro atoms. The number of nitrogens with one attached hydrogen (secondary N) is 2. The lowest BCUT2D eigenvalue weighted by Crippen LogP contribution is -2.34. The van der Waals surface area contributed by atoms with Gasteiger partial charge in [0.2, 0.25) is 0 Å². The average Bonchev–Trinajstić information content (AvgIpc) is 2.51. The molecule has 2 nitrogen and oxygen atoms in total. The van der Waals surface area contributed by atoms with Gasteiger partial charge in [0, 0.05) is 26.4 Å². The van der Waals surface area contributed by atoms with E-state index in [0.29, 0.717) is 5.11 Å². The monoisotopic (exact) mass is 382 g/mol. The van der Waals surface area contributed by atoms with Crippen molar-refractivity contribution in [1.82, 2.24) is 5.32 Å². The Kier molecular flexibility index (Phi) is 5.37. The number of rotatable bonds is 2. The minimum absolute atomic E-state index is 0.172. The second-order valence-corrected chi connectivity index (χ2v) is 7.82. The van der Waals surface area contributed by atoms with Gasteiger partial charge in [0.1, 0.15) is 0 Å². The summed E-state index contributed by atoms with van der Waals surface area (Å²) in [5.41, 5.74) is 3.14. The van der Waals surface area contributed by atoms with Gasteiger partial charge in [0.05, 0.1) is 6.04 Å². The second kappa shape index (κ2) is 7.31. The minimum Gasteiger partial charge on any atom is -0.356 e. The van der Waals surface area contributed by atoms with Gasteiger partial charge in [0.25, 0.3) is 0 Å². The number of anilines is 1. The highest BCUT2D eigenvalue weighted by molar-refractivity contribution is 7.99. The van der Waals surface area contributed by atoms with Crippen LogP contribution in [-0.4, -0.2) is 10.9 Å². The van der Waals surface area contributed by atoms with Gasteiger partial charge in [-0.05, 0) is 67.0 Å². The lowest BCUT2D eigenvalue weighted by Gasteiger charge is -2.27. The number of halogens is 2. The molecule has 120 valence electrons. The van der Waals surface area contributed by atoms with Crippen molar-refractivity contribution in [3.8, 4) is 0 Å². The molecule has 0 fully saturated rings. The predicted molar refractivity (Wildman–Crippen MR) is 105 cm³/mol. The van der Waals surface area contributed by atoms with E-state index in [1.165, 1.54) is 10.5 Å². The Morgan fingerprint density at radius 2 is 2.04 bits per heavy atom. The van der Waals surface area contributed by atoms with Gasteiger partial charge in [-0.1, -0.05) is 29.3 Å². The third-order valence-corrected chi connectivity index (χ3v) is 5.73. The number of hydrogen-bond acceptors (Lipinski definition) is 2. The van der Waals surface area contributed by atoms with Crippen molar-refractivity contribution >= 4 is 58.0 Å². The summed E-state index contributed by atoms with van der Waals surface area (Å²) in [5.74, 6) is 1.06. The van der Waals surface area contributed by atoms with Crippen LogP contribution < -0.4 is 10.6 Å². The molecule has 23 heavy (non-hydrogen) atoms. The van der Waals surface area contributed by atoms with Crippen LogP contribution in [0.25, 0.3) is 0 Å². The zero-order chi connectivity index (χ0) is 16.4. The molecular weight excluding hydrogens is 367 g/mol. The van der Waals surface area contributed by atoms with Crippen LogP contribution in [0.3, 0.4) is 0 Å². The van der Waals surface area contributed by atoms with Crippen LogP contribution in [0.1, 0.15) is 23.6 Å². The van der Waals surface area contributed by atoms with E-state index in [1.54, 1.807) is 0 Å². The van der Waals surface area contributed by atoms with Crippen LogP contribution >= 0.6 is 47.2 Å². The molecule has 3 rings (SSSR count). The Balaban J connectivity index is 1.71. The van der Waals surface area contributed by atoms with E-state index in [-0.39, 0.29) is 6.04 Å². The molecule has 0 saturated heterocycles. The smallest absolute Gasteiger partial charge is 0.171 e. The Morgan fingerprint density at radius 3 is 2.83 bits per heavy atom. The molecule has 0 saturated carbocycles. The first-order valence-corrected chi connectivity index (χ1v) is 9.44. The molecule has 0 aliphatic carbocycles. The van der Waals surface area contributed by atoms with Crippen molar-refractivity contribution in [1.29, 1.82) is 0 Å². The molecular formula is C17H16Cl2N2S2. The third-order valence-electron chi connectivity index (χ3n) is 3.75. The number of hydrogen-bond donors (Lipinski definition) is 2. The zero-order valence-electron chi connectivity index (χ0n) is 12.5. The number of thioether (sulfide) groups is 1. The summed E-state index contributed by atoms with van der Waals surface area (Å²) in [7, 11) is 0. The molecule has 1 aliphatic heterocycles. The van der Waals surface area contributed by atoms with Crippen molar-refractivity contribution in [2.24, 2.45) is 0 Å². The van der Waals surface area contributed by atoms with Gasteiger partial charge in [0.15, 0.2) is 5.11 Å². The molecule has 0 radical (unpaired) electrons. The first-order valence-electron chi connectivity index (χ1n) is 7.29. The van der Waals surface area contributed by atoms with Gasteiger partial charge in [-0.2, -0.15) is 0 Å². The number of benzene rings is 2. The van der Waals surface area contributed by atoms with E-state index in [0.717, 1.165) is 33.5 Å². The zero-order valence-corrected chi connectivity index (χ0v) is 15.7. The Labute approximate surface area is 155 Å². The SMILES string of the molecule is Cc1ccc(NC(=S)N[C@H]2CCSc3ccc(Cl)cc32)cc1Cl. The topological polar surface area (TPSA) is 24.1 Å². The van der Waals surface area contributed by atoms with Crippen LogP contribution in [0, 0.1) is 6.92 Å². The van der Waals surface area contributed by atoms with Gasteiger partial charge in [-0.25, -0.2) is 0 Å². The highest BCUT2D eigenvalue weighted by Gasteiger charge is 2.21. The van der Waals surface area contributed by atoms with Crippen LogP contribution in [0.5, 0.6) is 0 Å². The Hall–Kier alpha value is -0.940. The normalized spacial score (nSPS) is 16.6. The second-order valence-electron chi connectivity index (χ2n) is 5.43. The van der Waals surface area contributed by atoms with E-state index in [1.807, 2.05) is 49.0 Å². The van der Waals surface area contributed by atoms with Crippen LogP contribution in [0.4, 0.5) is 5.69 Å². The van der Waals surface area contributed by atoms with E-state index >= 15 is 0 Å². The number of aryl methyl sites for hydroxylation is 1. The number of thiocarbonyl (C=S) groups is 1. The molecule has 0 aromatic heterocycles. The Bertz CT molecular complexity index is 749.